The molecule has 3 aromatic carbocycles. The molecule has 0 radical (unpaired) electrons. The van der Waals surface area contributed by atoms with E-state index in [2.05, 4.69) is 5.32 Å². The van der Waals surface area contributed by atoms with Crippen molar-refractivity contribution >= 4 is 34.2 Å². The number of hydrogen-bond donors (Lipinski definition) is 1. The number of esters is 1. The number of rotatable bonds is 6. The fourth-order valence-corrected chi connectivity index (χ4v) is 2.91. The van der Waals surface area contributed by atoms with Crippen LogP contribution >= 0.6 is 11.6 Å². The molecule has 0 heterocycles. The van der Waals surface area contributed by atoms with Crippen molar-refractivity contribution in [2.75, 3.05) is 6.61 Å². The van der Waals surface area contributed by atoms with Gasteiger partial charge in [0.05, 0.1) is 6.42 Å². The second-order valence-corrected chi connectivity index (χ2v) is 6.32. The zero-order chi connectivity index (χ0) is 18.4. The van der Waals surface area contributed by atoms with E-state index in [1.54, 1.807) is 12.1 Å². The lowest BCUT2D eigenvalue weighted by molar-refractivity contribution is -0.147. The van der Waals surface area contributed by atoms with E-state index in [0.29, 0.717) is 11.6 Å². The van der Waals surface area contributed by atoms with Crippen LogP contribution in [0.2, 0.25) is 5.02 Å². The van der Waals surface area contributed by atoms with E-state index in [1.807, 2.05) is 54.6 Å². The van der Waals surface area contributed by atoms with Crippen LogP contribution in [-0.4, -0.2) is 18.5 Å². The van der Waals surface area contributed by atoms with Gasteiger partial charge in [0.1, 0.15) is 0 Å². The Bertz CT molecular complexity index is 934. The lowest BCUT2D eigenvalue weighted by atomic mass is 10.0. The van der Waals surface area contributed by atoms with Crippen LogP contribution in [0.3, 0.4) is 0 Å². The van der Waals surface area contributed by atoms with E-state index in [4.69, 9.17) is 16.3 Å². The molecule has 0 saturated heterocycles. The van der Waals surface area contributed by atoms with Crippen LogP contribution in [0.15, 0.2) is 66.7 Å². The largest absolute Gasteiger partial charge is 0.455 e. The molecule has 0 aliphatic carbocycles. The number of ether oxygens (including phenoxy) is 1. The Morgan fingerprint density at radius 3 is 2.58 bits per heavy atom. The first-order chi connectivity index (χ1) is 12.6. The number of halogens is 1. The van der Waals surface area contributed by atoms with Crippen LogP contribution in [0.25, 0.3) is 10.8 Å². The van der Waals surface area contributed by atoms with Crippen LogP contribution < -0.4 is 5.32 Å². The molecule has 0 fully saturated rings. The molecule has 0 bridgehead atoms. The maximum atomic E-state index is 12.1. The number of hydrogen-bond acceptors (Lipinski definition) is 3. The number of carbonyl (C=O) groups excluding carboxylic acids is 2. The second-order valence-electron chi connectivity index (χ2n) is 5.88. The molecule has 4 nitrogen and oxygen atoms in total. The summed E-state index contributed by atoms with van der Waals surface area (Å²) in [5, 5.41) is 5.39. The Hall–Kier alpha value is -2.85. The molecule has 3 rings (SSSR count). The lowest BCUT2D eigenvalue weighted by Gasteiger charge is -2.08. The zero-order valence-electron chi connectivity index (χ0n) is 14.1. The van der Waals surface area contributed by atoms with Gasteiger partial charge < -0.3 is 10.1 Å². The minimum absolute atomic E-state index is 0.128. The Labute approximate surface area is 156 Å². The van der Waals surface area contributed by atoms with Gasteiger partial charge in [-0.2, -0.15) is 0 Å². The summed E-state index contributed by atoms with van der Waals surface area (Å²) in [6.07, 6.45) is 0.128. The van der Waals surface area contributed by atoms with Gasteiger partial charge in [0, 0.05) is 11.6 Å². The Morgan fingerprint density at radius 2 is 1.73 bits per heavy atom. The van der Waals surface area contributed by atoms with Gasteiger partial charge in [-0.25, -0.2) is 0 Å². The molecule has 0 saturated carbocycles. The number of fused-ring (bicyclic) bond motifs is 1. The van der Waals surface area contributed by atoms with Crippen molar-refractivity contribution in [2.45, 2.75) is 13.0 Å². The quantitative estimate of drug-likeness (QED) is 0.672. The molecule has 0 aliphatic heterocycles. The SMILES string of the molecule is O=C(COC(=O)Cc1cccc2ccccc12)NCc1cccc(Cl)c1. The van der Waals surface area contributed by atoms with Crippen molar-refractivity contribution in [1.82, 2.24) is 5.32 Å². The van der Waals surface area contributed by atoms with Gasteiger partial charge in [-0.15, -0.1) is 0 Å². The highest BCUT2D eigenvalue weighted by atomic mass is 35.5. The minimum atomic E-state index is -0.431. The van der Waals surface area contributed by atoms with Crippen molar-refractivity contribution in [1.29, 1.82) is 0 Å². The standard InChI is InChI=1S/C21H18ClNO3/c22-18-9-3-5-15(11-18)13-23-20(24)14-26-21(25)12-17-8-4-7-16-6-1-2-10-19(16)17/h1-11H,12-14H2,(H,23,24). The second kappa shape index (κ2) is 8.50. The Morgan fingerprint density at radius 1 is 0.962 bits per heavy atom. The van der Waals surface area contributed by atoms with Crippen molar-refractivity contribution in [3.63, 3.8) is 0 Å². The lowest BCUT2D eigenvalue weighted by Crippen LogP contribution is -2.28. The summed E-state index contributed by atoms with van der Waals surface area (Å²) in [6.45, 7) is 0.0322. The van der Waals surface area contributed by atoms with Gasteiger partial charge in [-0.1, -0.05) is 66.2 Å². The van der Waals surface area contributed by atoms with Crippen LogP contribution in [0, 0.1) is 0 Å². The van der Waals surface area contributed by atoms with E-state index < -0.39 is 5.97 Å². The van der Waals surface area contributed by atoms with E-state index in [1.165, 1.54) is 0 Å². The fraction of sp³-hybridized carbons (Fsp3) is 0.143. The summed E-state index contributed by atoms with van der Waals surface area (Å²) in [7, 11) is 0. The average molecular weight is 368 g/mol. The Balaban J connectivity index is 1.50. The van der Waals surface area contributed by atoms with Crippen LogP contribution in [0.1, 0.15) is 11.1 Å². The molecule has 132 valence electrons. The van der Waals surface area contributed by atoms with E-state index in [9.17, 15) is 9.59 Å². The number of carbonyl (C=O) groups is 2. The molecular formula is C21H18ClNO3. The van der Waals surface area contributed by atoms with Crippen molar-refractivity contribution in [2.24, 2.45) is 0 Å². The predicted molar refractivity (Wildman–Crippen MR) is 102 cm³/mol. The van der Waals surface area contributed by atoms with Crippen molar-refractivity contribution in [3.8, 4) is 0 Å². The van der Waals surface area contributed by atoms with Gasteiger partial charge in [0.15, 0.2) is 6.61 Å². The Kier molecular flexibility index (Phi) is 5.87. The molecule has 0 spiro atoms. The summed E-state index contributed by atoms with van der Waals surface area (Å²) in [6, 6.07) is 20.8. The topological polar surface area (TPSA) is 55.4 Å². The highest BCUT2D eigenvalue weighted by Crippen LogP contribution is 2.19. The number of nitrogens with one attached hydrogen (secondary N) is 1. The molecule has 0 aliphatic rings. The van der Waals surface area contributed by atoms with E-state index >= 15 is 0 Å². The van der Waals surface area contributed by atoms with Gasteiger partial charge in [-0.3, -0.25) is 9.59 Å². The molecule has 3 aromatic rings. The van der Waals surface area contributed by atoms with Crippen molar-refractivity contribution < 1.29 is 14.3 Å². The molecular weight excluding hydrogens is 350 g/mol. The molecule has 0 unspecified atom stereocenters. The molecule has 5 heteroatoms. The smallest absolute Gasteiger partial charge is 0.310 e. The number of benzene rings is 3. The minimum Gasteiger partial charge on any atom is -0.455 e. The third kappa shape index (κ3) is 4.83. The fourth-order valence-electron chi connectivity index (χ4n) is 2.70. The summed E-state index contributed by atoms with van der Waals surface area (Å²) in [4.78, 5) is 23.9. The first-order valence-electron chi connectivity index (χ1n) is 8.25. The molecule has 26 heavy (non-hydrogen) atoms. The van der Waals surface area contributed by atoms with Gasteiger partial charge in [0.25, 0.3) is 5.91 Å². The molecule has 1 N–H and O–H groups in total. The highest BCUT2D eigenvalue weighted by Gasteiger charge is 2.10. The van der Waals surface area contributed by atoms with Crippen LogP contribution in [0.5, 0.6) is 0 Å². The van der Waals surface area contributed by atoms with Gasteiger partial charge >= 0.3 is 5.97 Å². The van der Waals surface area contributed by atoms with Gasteiger partial charge in [-0.05, 0) is 34.0 Å². The van der Waals surface area contributed by atoms with Crippen LogP contribution in [-0.2, 0) is 27.3 Å². The third-order valence-corrected chi connectivity index (χ3v) is 4.19. The molecule has 1 amide bonds. The average Bonchev–Trinajstić information content (AvgIpc) is 2.65. The third-order valence-electron chi connectivity index (χ3n) is 3.96. The van der Waals surface area contributed by atoms with E-state index in [0.717, 1.165) is 21.9 Å². The first kappa shape index (κ1) is 18.0. The molecule has 0 aromatic heterocycles. The normalized spacial score (nSPS) is 10.5. The summed E-state index contributed by atoms with van der Waals surface area (Å²) in [5.41, 5.74) is 1.76. The monoisotopic (exact) mass is 367 g/mol. The summed E-state index contributed by atoms with van der Waals surface area (Å²) in [5.74, 6) is -0.782. The number of amides is 1. The first-order valence-corrected chi connectivity index (χ1v) is 8.63. The van der Waals surface area contributed by atoms with Crippen LogP contribution in [0.4, 0.5) is 0 Å². The van der Waals surface area contributed by atoms with Crippen molar-refractivity contribution in [3.05, 3.63) is 82.9 Å². The summed E-state index contributed by atoms with van der Waals surface area (Å²) < 4.78 is 5.09. The summed E-state index contributed by atoms with van der Waals surface area (Å²) >= 11 is 5.90. The van der Waals surface area contributed by atoms with Gasteiger partial charge in [0.2, 0.25) is 0 Å². The zero-order valence-corrected chi connectivity index (χ0v) is 14.8. The highest BCUT2D eigenvalue weighted by molar-refractivity contribution is 6.30. The maximum Gasteiger partial charge on any atom is 0.310 e. The van der Waals surface area contributed by atoms with E-state index in [-0.39, 0.29) is 18.9 Å². The molecule has 0 atom stereocenters. The predicted octanol–water partition coefficient (Wildman–Crippen LogP) is 3.90. The maximum absolute atomic E-state index is 12.1.